The van der Waals surface area contributed by atoms with Gasteiger partial charge in [-0.15, -0.1) is 0 Å². The highest BCUT2D eigenvalue weighted by molar-refractivity contribution is 9.10. The Kier molecular flexibility index (Phi) is 3.99. The summed E-state index contributed by atoms with van der Waals surface area (Å²) in [6.45, 7) is 3.77. The summed E-state index contributed by atoms with van der Waals surface area (Å²) in [6, 6.07) is 7.41. The Morgan fingerprint density at radius 3 is 2.63 bits per heavy atom. The first-order valence-corrected chi connectivity index (χ1v) is 6.78. The van der Waals surface area contributed by atoms with E-state index in [0.717, 1.165) is 21.5 Å². The van der Waals surface area contributed by atoms with Crippen LogP contribution in [0, 0.1) is 13.8 Å². The number of rotatable bonds is 2. The quantitative estimate of drug-likeness (QED) is 0.500. The lowest BCUT2D eigenvalue weighted by molar-refractivity contribution is 0.0953. The van der Waals surface area contributed by atoms with Gasteiger partial charge in [0.15, 0.2) is 0 Å². The largest absolute Gasteiger partial charge is 0.316 e. The molecule has 0 spiro atoms. The minimum absolute atomic E-state index is 0.312. The molecule has 0 saturated heterocycles. The van der Waals surface area contributed by atoms with E-state index >= 15 is 0 Å². The molecule has 1 amide bonds. The van der Waals surface area contributed by atoms with E-state index in [1.165, 1.54) is 0 Å². The highest BCUT2D eigenvalue weighted by Gasteiger charge is 2.17. The fourth-order valence-corrected chi connectivity index (χ4v) is 2.86. The van der Waals surface area contributed by atoms with E-state index in [9.17, 15) is 4.79 Å². The van der Waals surface area contributed by atoms with E-state index in [4.69, 9.17) is 17.4 Å². The molecule has 1 aromatic heterocycles. The first-order valence-electron chi connectivity index (χ1n) is 5.61. The summed E-state index contributed by atoms with van der Waals surface area (Å²) >= 11 is 9.63. The van der Waals surface area contributed by atoms with Crippen molar-refractivity contribution < 1.29 is 4.79 Å². The minimum Gasteiger partial charge on any atom is -0.316 e. The monoisotopic (exact) mass is 341 g/mol. The molecule has 4 nitrogen and oxygen atoms in total. The average Bonchev–Trinajstić information content (AvgIpc) is 2.65. The Hall–Kier alpha value is -1.30. The molecule has 0 aliphatic carbocycles. The van der Waals surface area contributed by atoms with Crippen molar-refractivity contribution in [3.05, 3.63) is 50.7 Å². The number of benzene rings is 1. The third-order valence-electron chi connectivity index (χ3n) is 2.96. The zero-order valence-corrected chi connectivity index (χ0v) is 12.8. The number of nitrogens with one attached hydrogen (secondary N) is 1. The van der Waals surface area contributed by atoms with Crippen LogP contribution in [0.15, 0.2) is 28.7 Å². The molecule has 1 heterocycles. The van der Waals surface area contributed by atoms with Gasteiger partial charge in [0.05, 0.1) is 16.3 Å². The molecule has 100 valence electrons. The Morgan fingerprint density at radius 2 is 2.05 bits per heavy atom. The molecule has 0 aliphatic heterocycles. The second-order valence-corrected chi connectivity index (χ2v) is 5.51. The molecule has 3 N–H and O–H groups in total. The van der Waals surface area contributed by atoms with Crippen molar-refractivity contribution in [3.63, 3.8) is 0 Å². The first kappa shape index (κ1) is 14.1. The number of nitrogens with two attached hydrogens (primary N) is 1. The van der Waals surface area contributed by atoms with Gasteiger partial charge < -0.3 is 4.57 Å². The topological polar surface area (TPSA) is 60.1 Å². The zero-order valence-electron chi connectivity index (χ0n) is 10.5. The highest BCUT2D eigenvalue weighted by atomic mass is 79.9. The van der Waals surface area contributed by atoms with Crippen molar-refractivity contribution in [1.29, 1.82) is 0 Å². The third-order valence-corrected chi connectivity index (χ3v) is 3.75. The lowest BCUT2D eigenvalue weighted by Crippen LogP contribution is -2.30. The molecule has 2 rings (SSSR count). The van der Waals surface area contributed by atoms with E-state index in [-0.39, 0.29) is 5.91 Å². The number of nitrogens with zero attached hydrogens (tertiary/aromatic N) is 1. The summed E-state index contributed by atoms with van der Waals surface area (Å²) < 4.78 is 2.84. The minimum atomic E-state index is -0.312. The molecule has 0 atom stereocenters. The molecule has 0 aliphatic rings. The number of aromatic nitrogens is 1. The number of hydrazine groups is 1. The van der Waals surface area contributed by atoms with Gasteiger partial charge >= 0.3 is 0 Å². The number of halogens is 2. The maximum atomic E-state index is 11.7. The van der Waals surface area contributed by atoms with Crippen LogP contribution in [0.3, 0.4) is 0 Å². The maximum Gasteiger partial charge on any atom is 0.267 e. The predicted molar refractivity (Wildman–Crippen MR) is 79.6 cm³/mol. The van der Waals surface area contributed by atoms with E-state index in [0.29, 0.717) is 10.6 Å². The molecular formula is C13H13BrClN3O. The van der Waals surface area contributed by atoms with Crippen LogP contribution in [0.4, 0.5) is 0 Å². The van der Waals surface area contributed by atoms with Crippen LogP contribution in [0.2, 0.25) is 5.02 Å². The second-order valence-electron chi connectivity index (χ2n) is 4.19. The van der Waals surface area contributed by atoms with E-state index in [2.05, 4.69) is 21.4 Å². The predicted octanol–water partition coefficient (Wildman–Crippen LogP) is 3.11. The molecule has 0 fully saturated rings. The van der Waals surface area contributed by atoms with Crippen molar-refractivity contribution in [2.45, 2.75) is 13.8 Å². The van der Waals surface area contributed by atoms with Gasteiger partial charge in [-0.25, -0.2) is 5.84 Å². The van der Waals surface area contributed by atoms with E-state index < -0.39 is 0 Å². The van der Waals surface area contributed by atoms with Crippen LogP contribution in [-0.4, -0.2) is 10.5 Å². The Labute approximate surface area is 124 Å². The Balaban J connectivity index is 2.63. The summed E-state index contributed by atoms with van der Waals surface area (Å²) in [4.78, 5) is 11.7. The Morgan fingerprint density at radius 1 is 1.37 bits per heavy atom. The molecule has 0 bridgehead atoms. The van der Waals surface area contributed by atoms with Gasteiger partial charge in [-0.1, -0.05) is 27.5 Å². The number of amides is 1. The normalized spacial score (nSPS) is 10.6. The Bertz CT molecular complexity index is 652. The number of aryl methyl sites for hydroxylation is 1. The number of carbonyl (C=O) groups excluding carboxylic acids is 1. The van der Waals surface area contributed by atoms with Crippen LogP contribution < -0.4 is 11.3 Å². The summed E-state index contributed by atoms with van der Waals surface area (Å²) in [5.74, 6) is 4.87. The number of hydrogen-bond acceptors (Lipinski definition) is 2. The SMILES string of the molecule is Cc1cc(C(=O)NN)c(C)n1-c1ccc(Br)cc1Cl. The first-order chi connectivity index (χ1) is 8.95. The van der Waals surface area contributed by atoms with Crippen molar-refractivity contribution in [1.82, 2.24) is 9.99 Å². The van der Waals surface area contributed by atoms with Gasteiger partial charge in [0.1, 0.15) is 0 Å². The summed E-state index contributed by atoms with van der Waals surface area (Å²) in [5.41, 5.74) is 5.23. The summed E-state index contributed by atoms with van der Waals surface area (Å²) in [5, 5.41) is 0.607. The molecule has 1 aromatic carbocycles. The molecule has 2 aromatic rings. The molecule has 19 heavy (non-hydrogen) atoms. The van der Waals surface area contributed by atoms with Crippen LogP contribution in [0.25, 0.3) is 5.69 Å². The lowest BCUT2D eigenvalue weighted by atomic mass is 10.2. The lowest BCUT2D eigenvalue weighted by Gasteiger charge is -2.12. The van der Waals surface area contributed by atoms with Crippen LogP contribution >= 0.6 is 27.5 Å². The van der Waals surface area contributed by atoms with Crippen LogP contribution in [0.1, 0.15) is 21.7 Å². The number of nitrogen functional groups attached to an aromatic ring is 1. The average molecular weight is 343 g/mol. The van der Waals surface area contributed by atoms with Crippen molar-refractivity contribution >= 4 is 33.4 Å². The van der Waals surface area contributed by atoms with Gasteiger partial charge in [-0.2, -0.15) is 0 Å². The molecule has 0 unspecified atom stereocenters. The highest BCUT2D eigenvalue weighted by Crippen LogP contribution is 2.28. The third kappa shape index (κ3) is 2.54. The standard InChI is InChI=1S/C13H13BrClN3O/c1-7-5-10(13(19)17-16)8(2)18(7)12-4-3-9(14)6-11(12)15/h3-6H,16H2,1-2H3,(H,17,19). The molecule has 6 heteroatoms. The van der Waals surface area contributed by atoms with Crippen molar-refractivity contribution in [2.75, 3.05) is 0 Å². The molecule has 0 saturated carbocycles. The van der Waals surface area contributed by atoms with E-state index in [1.54, 1.807) is 6.07 Å². The van der Waals surface area contributed by atoms with Gasteiger partial charge in [-0.3, -0.25) is 10.2 Å². The summed E-state index contributed by atoms with van der Waals surface area (Å²) in [6.07, 6.45) is 0. The maximum absolute atomic E-state index is 11.7. The van der Waals surface area contributed by atoms with Gasteiger partial charge in [0.25, 0.3) is 5.91 Å². The van der Waals surface area contributed by atoms with Crippen LogP contribution in [-0.2, 0) is 0 Å². The zero-order chi connectivity index (χ0) is 14.2. The van der Waals surface area contributed by atoms with Gasteiger partial charge in [0, 0.05) is 15.9 Å². The summed E-state index contributed by atoms with van der Waals surface area (Å²) in [7, 11) is 0. The fraction of sp³-hybridized carbons (Fsp3) is 0.154. The fourth-order valence-electron chi connectivity index (χ4n) is 2.10. The van der Waals surface area contributed by atoms with Gasteiger partial charge in [0.2, 0.25) is 0 Å². The van der Waals surface area contributed by atoms with E-state index in [1.807, 2.05) is 36.6 Å². The van der Waals surface area contributed by atoms with Crippen molar-refractivity contribution in [3.8, 4) is 5.69 Å². The number of hydrogen-bond donors (Lipinski definition) is 2. The smallest absolute Gasteiger partial charge is 0.267 e. The number of carbonyl (C=O) groups is 1. The van der Waals surface area contributed by atoms with Crippen LogP contribution in [0.5, 0.6) is 0 Å². The second kappa shape index (κ2) is 5.36. The van der Waals surface area contributed by atoms with Gasteiger partial charge in [-0.05, 0) is 38.1 Å². The molecule has 0 radical (unpaired) electrons. The van der Waals surface area contributed by atoms with Crippen molar-refractivity contribution in [2.24, 2.45) is 5.84 Å². The molecular weight excluding hydrogens is 330 g/mol.